The van der Waals surface area contributed by atoms with E-state index >= 15 is 0 Å². The maximum Gasteiger partial charge on any atom is 0.253 e. The number of nitrogens with zero attached hydrogens (tertiary/aromatic N) is 1. The summed E-state index contributed by atoms with van der Waals surface area (Å²) >= 11 is 7.03. The summed E-state index contributed by atoms with van der Waals surface area (Å²) in [6.07, 6.45) is 1.82. The van der Waals surface area contributed by atoms with Crippen molar-refractivity contribution in [2.75, 3.05) is 5.73 Å². The molecule has 1 aliphatic rings. The third-order valence-electron chi connectivity index (χ3n) is 3.36. The van der Waals surface area contributed by atoms with Crippen LogP contribution >= 0.6 is 22.9 Å². The zero-order valence-corrected chi connectivity index (χ0v) is 13.6. The van der Waals surface area contributed by atoms with Gasteiger partial charge in [0.2, 0.25) is 0 Å². The van der Waals surface area contributed by atoms with Gasteiger partial charge in [-0.1, -0.05) is 23.7 Å². The van der Waals surface area contributed by atoms with E-state index in [1.54, 1.807) is 21.8 Å². The van der Waals surface area contributed by atoms with Gasteiger partial charge in [-0.05, 0) is 36.6 Å². The molecule has 112 valence electrons. The van der Waals surface area contributed by atoms with Crippen LogP contribution in [0.1, 0.15) is 18.4 Å². The Balaban J connectivity index is 1.89. The van der Waals surface area contributed by atoms with E-state index in [9.17, 15) is 8.42 Å². The third kappa shape index (κ3) is 3.23. The number of benzene rings is 1. The molecule has 1 aromatic heterocycles. The maximum atomic E-state index is 12.8. The van der Waals surface area contributed by atoms with E-state index in [1.807, 2.05) is 12.1 Å². The molecular weight excluding hydrogens is 328 g/mol. The van der Waals surface area contributed by atoms with Gasteiger partial charge in [0, 0.05) is 28.7 Å². The molecule has 0 unspecified atom stereocenters. The van der Waals surface area contributed by atoms with Gasteiger partial charge in [0.15, 0.2) is 0 Å². The molecule has 1 heterocycles. The quantitative estimate of drug-likeness (QED) is 0.906. The largest absolute Gasteiger partial charge is 0.398 e. The highest BCUT2D eigenvalue weighted by atomic mass is 35.5. The van der Waals surface area contributed by atoms with Gasteiger partial charge in [-0.2, -0.15) is 4.31 Å². The van der Waals surface area contributed by atoms with Gasteiger partial charge in [-0.3, -0.25) is 0 Å². The van der Waals surface area contributed by atoms with Gasteiger partial charge < -0.3 is 5.73 Å². The molecule has 1 aromatic carbocycles. The zero-order chi connectivity index (χ0) is 15.0. The molecule has 1 fully saturated rings. The van der Waals surface area contributed by atoms with E-state index in [0.29, 0.717) is 21.5 Å². The average Bonchev–Trinajstić information content (AvgIpc) is 3.18. The molecule has 4 nitrogen and oxygen atoms in total. The monoisotopic (exact) mass is 342 g/mol. The summed E-state index contributed by atoms with van der Waals surface area (Å²) in [5.74, 6) is 0. The van der Waals surface area contributed by atoms with E-state index in [-0.39, 0.29) is 6.04 Å². The molecule has 0 atom stereocenters. The van der Waals surface area contributed by atoms with Crippen LogP contribution < -0.4 is 5.73 Å². The fourth-order valence-electron chi connectivity index (χ4n) is 2.12. The van der Waals surface area contributed by atoms with Crippen molar-refractivity contribution in [1.29, 1.82) is 0 Å². The van der Waals surface area contributed by atoms with Crippen LogP contribution in [0.15, 0.2) is 39.9 Å². The highest BCUT2D eigenvalue weighted by molar-refractivity contribution is 7.91. The van der Waals surface area contributed by atoms with Crippen LogP contribution in [0.25, 0.3) is 0 Å². The summed E-state index contributed by atoms with van der Waals surface area (Å²) < 4.78 is 27.4. The Kier molecular flexibility index (Phi) is 3.96. The van der Waals surface area contributed by atoms with Gasteiger partial charge in [0.05, 0.1) is 0 Å². The van der Waals surface area contributed by atoms with Crippen LogP contribution in [0.3, 0.4) is 0 Å². The number of nitrogens with two attached hydrogens (primary N) is 1. The Labute approximate surface area is 133 Å². The lowest BCUT2D eigenvalue weighted by Gasteiger charge is -2.21. The Hall–Kier alpha value is -1.08. The van der Waals surface area contributed by atoms with Gasteiger partial charge in [0.25, 0.3) is 10.0 Å². The van der Waals surface area contributed by atoms with E-state index < -0.39 is 10.0 Å². The molecule has 0 amide bonds. The third-order valence-corrected chi connectivity index (χ3v) is 6.95. The number of thiophene rings is 1. The number of sulfonamides is 1. The predicted octanol–water partition coefficient (Wildman–Crippen LogP) is 3.34. The first-order valence-electron chi connectivity index (χ1n) is 6.57. The fourth-order valence-corrected chi connectivity index (χ4v) is 5.13. The van der Waals surface area contributed by atoms with Crippen molar-refractivity contribution in [1.82, 2.24) is 4.31 Å². The van der Waals surface area contributed by atoms with E-state index in [0.717, 1.165) is 18.4 Å². The molecule has 0 radical (unpaired) electrons. The van der Waals surface area contributed by atoms with Crippen molar-refractivity contribution < 1.29 is 8.42 Å². The number of hydrogen-bond acceptors (Lipinski definition) is 4. The number of hydrogen-bond donors (Lipinski definition) is 1. The minimum absolute atomic E-state index is 0.0917. The average molecular weight is 343 g/mol. The summed E-state index contributed by atoms with van der Waals surface area (Å²) in [5, 5.41) is 2.30. The van der Waals surface area contributed by atoms with Crippen LogP contribution in [0.2, 0.25) is 5.02 Å². The standard InChI is InChI=1S/C14H15ClN2O2S2/c15-11-3-1-10(2-4-11)8-17(13-5-6-13)21(18,19)14-7-12(16)9-20-14/h1-4,7,9,13H,5-6,8,16H2. The lowest BCUT2D eigenvalue weighted by atomic mass is 10.2. The second kappa shape index (κ2) is 5.61. The molecule has 0 saturated heterocycles. The molecule has 2 N–H and O–H groups in total. The maximum absolute atomic E-state index is 12.8. The zero-order valence-electron chi connectivity index (χ0n) is 11.2. The number of rotatable bonds is 5. The second-order valence-electron chi connectivity index (χ2n) is 5.11. The van der Waals surface area contributed by atoms with Gasteiger partial charge in [0.1, 0.15) is 4.21 Å². The molecule has 2 aromatic rings. The second-order valence-corrected chi connectivity index (χ2v) is 8.57. The summed E-state index contributed by atoms with van der Waals surface area (Å²) in [6.45, 7) is 0.363. The number of anilines is 1. The number of halogens is 1. The fraction of sp³-hybridized carbons (Fsp3) is 0.286. The molecule has 0 aliphatic heterocycles. The van der Waals surface area contributed by atoms with E-state index in [4.69, 9.17) is 17.3 Å². The normalized spacial score (nSPS) is 15.5. The van der Waals surface area contributed by atoms with E-state index in [1.165, 1.54) is 17.4 Å². The van der Waals surface area contributed by atoms with Gasteiger partial charge >= 0.3 is 0 Å². The Morgan fingerprint density at radius 1 is 1.29 bits per heavy atom. The van der Waals surface area contributed by atoms with Gasteiger partial charge in [-0.15, -0.1) is 11.3 Å². The molecule has 1 saturated carbocycles. The van der Waals surface area contributed by atoms with Crippen LogP contribution in [0.4, 0.5) is 5.69 Å². The van der Waals surface area contributed by atoms with Crippen molar-refractivity contribution in [2.24, 2.45) is 0 Å². The molecule has 3 rings (SSSR count). The topological polar surface area (TPSA) is 63.4 Å². The lowest BCUT2D eigenvalue weighted by molar-refractivity contribution is 0.400. The highest BCUT2D eigenvalue weighted by Gasteiger charge is 2.38. The predicted molar refractivity (Wildman–Crippen MR) is 85.9 cm³/mol. The first kappa shape index (κ1) is 14.8. The summed E-state index contributed by atoms with van der Waals surface area (Å²) in [4.78, 5) is 0. The molecule has 0 spiro atoms. The Morgan fingerprint density at radius 2 is 1.95 bits per heavy atom. The van der Waals surface area contributed by atoms with Crippen LogP contribution in [0, 0.1) is 0 Å². The molecular formula is C14H15ClN2O2S2. The lowest BCUT2D eigenvalue weighted by Crippen LogP contribution is -2.32. The first-order valence-corrected chi connectivity index (χ1v) is 9.27. The SMILES string of the molecule is Nc1csc(S(=O)(=O)N(Cc2ccc(Cl)cc2)C2CC2)c1. The van der Waals surface area contributed by atoms with E-state index in [2.05, 4.69) is 0 Å². The number of nitrogen functional groups attached to an aromatic ring is 1. The summed E-state index contributed by atoms with van der Waals surface area (Å²) in [5.41, 5.74) is 7.07. The van der Waals surface area contributed by atoms with Crippen molar-refractivity contribution >= 4 is 38.6 Å². The Bertz CT molecular complexity index is 737. The van der Waals surface area contributed by atoms with Crippen LogP contribution in [-0.4, -0.2) is 18.8 Å². The van der Waals surface area contributed by atoms with Crippen molar-refractivity contribution in [2.45, 2.75) is 29.6 Å². The molecule has 7 heteroatoms. The van der Waals surface area contributed by atoms with Crippen molar-refractivity contribution in [3.8, 4) is 0 Å². The molecule has 1 aliphatic carbocycles. The van der Waals surface area contributed by atoms with Crippen LogP contribution in [0.5, 0.6) is 0 Å². The van der Waals surface area contributed by atoms with Crippen molar-refractivity contribution in [3.05, 3.63) is 46.3 Å². The van der Waals surface area contributed by atoms with Gasteiger partial charge in [-0.25, -0.2) is 8.42 Å². The van der Waals surface area contributed by atoms with Crippen LogP contribution in [-0.2, 0) is 16.6 Å². The molecule has 0 bridgehead atoms. The van der Waals surface area contributed by atoms with Crippen molar-refractivity contribution in [3.63, 3.8) is 0 Å². The highest BCUT2D eigenvalue weighted by Crippen LogP contribution is 2.35. The smallest absolute Gasteiger partial charge is 0.253 e. The minimum atomic E-state index is -3.49. The summed E-state index contributed by atoms with van der Waals surface area (Å²) in [6, 6.07) is 8.88. The first-order chi connectivity index (χ1) is 9.96. The minimum Gasteiger partial charge on any atom is -0.398 e. The molecule has 21 heavy (non-hydrogen) atoms. The Morgan fingerprint density at radius 3 is 2.48 bits per heavy atom. The summed E-state index contributed by atoms with van der Waals surface area (Å²) in [7, 11) is -3.49.